The van der Waals surface area contributed by atoms with Gasteiger partial charge in [-0.25, -0.2) is 8.78 Å². The summed E-state index contributed by atoms with van der Waals surface area (Å²) in [4.78, 5) is 14.2. The summed E-state index contributed by atoms with van der Waals surface area (Å²) in [7, 11) is 0. The lowest BCUT2D eigenvalue weighted by Crippen LogP contribution is -2.45. The van der Waals surface area contributed by atoms with E-state index in [0.717, 1.165) is 18.5 Å². The zero-order valence-electron chi connectivity index (χ0n) is 9.40. The zero-order chi connectivity index (χ0) is 12.3. The molecular formula is C12H14F2N2O. The van der Waals surface area contributed by atoms with Crippen molar-refractivity contribution in [2.45, 2.75) is 6.54 Å². The molecule has 1 aromatic carbocycles. The van der Waals surface area contributed by atoms with E-state index in [1.54, 1.807) is 4.90 Å². The van der Waals surface area contributed by atoms with E-state index in [2.05, 4.69) is 0 Å². The first-order chi connectivity index (χ1) is 8.19. The fourth-order valence-electron chi connectivity index (χ4n) is 1.93. The molecule has 1 aliphatic heterocycles. The van der Waals surface area contributed by atoms with Crippen molar-refractivity contribution in [2.24, 2.45) is 0 Å². The van der Waals surface area contributed by atoms with Gasteiger partial charge in [0, 0.05) is 38.3 Å². The van der Waals surface area contributed by atoms with E-state index in [1.165, 1.54) is 6.07 Å². The molecule has 0 unspecified atom stereocenters. The number of carbonyl (C=O) groups is 1. The Morgan fingerprint density at radius 3 is 2.53 bits per heavy atom. The Balaban J connectivity index is 1.97. The highest BCUT2D eigenvalue weighted by Crippen LogP contribution is 2.13. The quantitative estimate of drug-likeness (QED) is 0.742. The highest BCUT2D eigenvalue weighted by molar-refractivity contribution is 5.47. The molecule has 92 valence electrons. The van der Waals surface area contributed by atoms with Gasteiger partial charge in [0.1, 0.15) is 11.6 Å². The summed E-state index contributed by atoms with van der Waals surface area (Å²) in [6, 6.07) is 3.48. The summed E-state index contributed by atoms with van der Waals surface area (Å²) in [5, 5.41) is 0. The Bertz CT molecular complexity index is 403. The standard InChI is InChI=1S/C12H14F2N2O/c13-11-1-2-12(14)10(7-11)8-15-3-5-16(9-17)6-4-15/h1-2,7,9H,3-6,8H2. The lowest BCUT2D eigenvalue weighted by Gasteiger charge is -2.32. The van der Waals surface area contributed by atoms with Gasteiger partial charge in [0.15, 0.2) is 0 Å². The van der Waals surface area contributed by atoms with Crippen LogP contribution in [0.4, 0.5) is 8.78 Å². The van der Waals surface area contributed by atoms with Crippen LogP contribution in [0.5, 0.6) is 0 Å². The number of benzene rings is 1. The second-order valence-electron chi connectivity index (χ2n) is 4.15. The molecule has 5 heteroatoms. The summed E-state index contributed by atoms with van der Waals surface area (Å²) >= 11 is 0. The van der Waals surface area contributed by atoms with E-state index >= 15 is 0 Å². The van der Waals surface area contributed by atoms with Crippen LogP contribution in [0.1, 0.15) is 5.56 Å². The van der Waals surface area contributed by atoms with Gasteiger partial charge in [-0.05, 0) is 18.2 Å². The number of carbonyl (C=O) groups excluding carboxylic acids is 1. The van der Waals surface area contributed by atoms with E-state index in [9.17, 15) is 13.6 Å². The SMILES string of the molecule is O=CN1CCN(Cc2cc(F)ccc2F)CC1. The fourth-order valence-corrected chi connectivity index (χ4v) is 1.93. The monoisotopic (exact) mass is 240 g/mol. The number of amides is 1. The second-order valence-corrected chi connectivity index (χ2v) is 4.15. The first-order valence-corrected chi connectivity index (χ1v) is 5.54. The van der Waals surface area contributed by atoms with Crippen LogP contribution in [0.15, 0.2) is 18.2 Å². The summed E-state index contributed by atoms with van der Waals surface area (Å²) in [5.41, 5.74) is 0.365. The molecule has 3 nitrogen and oxygen atoms in total. The van der Waals surface area contributed by atoms with Crippen LogP contribution in [-0.4, -0.2) is 42.4 Å². The van der Waals surface area contributed by atoms with Gasteiger partial charge in [-0.1, -0.05) is 0 Å². The summed E-state index contributed by atoms with van der Waals surface area (Å²) in [6.07, 6.45) is 0.820. The maximum atomic E-state index is 13.4. The van der Waals surface area contributed by atoms with Crippen molar-refractivity contribution in [2.75, 3.05) is 26.2 Å². The van der Waals surface area contributed by atoms with Crippen LogP contribution in [0, 0.1) is 11.6 Å². The molecule has 0 N–H and O–H groups in total. The van der Waals surface area contributed by atoms with Gasteiger partial charge in [0.2, 0.25) is 6.41 Å². The minimum absolute atomic E-state index is 0.365. The van der Waals surface area contributed by atoms with E-state index in [1.807, 2.05) is 4.90 Å². The number of rotatable bonds is 3. The summed E-state index contributed by atoms with van der Waals surface area (Å²) in [6.45, 7) is 3.04. The second kappa shape index (κ2) is 5.23. The lowest BCUT2D eigenvalue weighted by molar-refractivity contribution is -0.119. The Kier molecular flexibility index (Phi) is 3.68. The number of nitrogens with zero attached hydrogens (tertiary/aromatic N) is 2. The van der Waals surface area contributed by atoms with Crippen LogP contribution < -0.4 is 0 Å². The number of hydrogen-bond acceptors (Lipinski definition) is 2. The first-order valence-electron chi connectivity index (χ1n) is 5.54. The van der Waals surface area contributed by atoms with Gasteiger partial charge in [-0.2, -0.15) is 0 Å². The molecule has 2 rings (SSSR count). The molecule has 1 heterocycles. The van der Waals surface area contributed by atoms with Crippen molar-refractivity contribution in [3.05, 3.63) is 35.4 Å². The normalized spacial score (nSPS) is 17.2. The van der Waals surface area contributed by atoms with Crippen molar-refractivity contribution < 1.29 is 13.6 Å². The van der Waals surface area contributed by atoms with Crippen molar-refractivity contribution in [3.8, 4) is 0 Å². The highest BCUT2D eigenvalue weighted by Gasteiger charge is 2.16. The third kappa shape index (κ3) is 3.00. The largest absolute Gasteiger partial charge is 0.343 e. The van der Waals surface area contributed by atoms with Crippen molar-refractivity contribution in [1.29, 1.82) is 0 Å². The molecule has 0 saturated carbocycles. The van der Waals surface area contributed by atoms with Gasteiger partial charge in [-0.15, -0.1) is 0 Å². The lowest BCUT2D eigenvalue weighted by atomic mass is 10.2. The zero-order valence-corrected chi connectivity index (χ0v) is 9.40. The molecule has 1 saturated heterocycles. The van der Waals surface area contributed by atoms with Crippen molar-refractivity contribution in [1.82, 2.24) is 9.80 Å². The van der Waals surface area contributed by atoms with Crippen LogP contribution in [0.3, 0.4) is 0 Å². The Hall–Kier alpha value is -1.49. The van der Waals surface area contributed by atoms with Gasteiger partial charge in [0.25, 0.3) is 0 Å². The molecule has 1 amide bonds. The molecule has 0 atom stereocenters. The predicted octanol–water partition coefficient (Wildman–Crippen LogP) is 1.24. The van der Waals surface area contributed by atoms with Gasteiger partial charge in [0.05, 0.1) is 0 Å². The number of halogens is 2. The third-order valence-electron chi connectivity index (χ3n) is 2.96. The van der Waals surface area contributed by atoms with E-state index in [4.69, 9.17) is 0 Å². The molecule has 1 fully saturated rings. The summed E-state index contributed by atoms with van der Waals surface area (Å²) < 4.78 is 26.4. The maximum absolute atomic E-state index is 13.4. The maximum Gasteiger partial charge on any atom is 0.209 e. The third-order valence-corrected chi connectivity index (χ3v) is 2.96. The topological polar surface area (TPSA) is 23.6 Å². The minimum atomic E-state index is -0.423. The van der Waals surface area contributed by atoms with E-state index in [-0.39, 0.29) is 5.82 Å². The molecule has 0 bridgehead atoms. The van der Waals surface area contributed by atoms with Crippen LogP contribution in [-0.2, 0) is 11.3 Å². The van der Waals surface area contributed by atoms with E-state index < -0.39 is 5.82 Å². The van der Waals surface area contributed by atoms with Crippen LogP contribution in [0.2, 0.25) is 0 Å². The van der Waals surface area contributed by atoms with Crippen molar-refractivity contribution >= 4 is 6.41 Å². The molecule has 17 heavy (non-hydrogen) atoms. The molecule has 1 aromatic rings. The van der Waals surface area contributed by atoms with E-state index in [0.29, 0.717) is 38.3 Å². The molecular weight excluding hydrogens is 226 g/mol. The average Bonchev–Trinajstić information content (AvgIpc) is 2.35. The molecule has 0 radical (unpaired) electrons. The average molecular weight is 240 g/mol. The smallest absolute Gasteiger partial charge is 0.209 e. The fraction of sp³-hybridized carbons (Fsp3) is 0.417. The molecule has 1 aliphatic rings. The minimum Gasteiger partial charge on any atom is -0.343 e. The number of piperazine rings is 1. The highest BCUT2D eigenvalue weighted by atomic mass is 19.1. The van der Waals surface area contributed by atoms with Gasteiger partial charge in [-0.3, -0.25) is 9.69 Å². The van der Waals surface area contributed by atoms with Crippen molar-refractivity contribution in [3.63, 3.8) is 0 Å². The predicted molar refractivity (Wildman–Crippen MR) is 59.3 cm³/mol. The first kappa shape index (κ1) is 12.0. The Morgan fingerprint density at radius 1 is 1.18 bits per heavy atom. The number of hydrogen-bond donors (Lipinski definition) is 0. The van der Waals surface area contributed by atoms with Crippen LogP contribution >= 0.6 is 0 Å². The molecule has 0 spiro atoms. The van der Waals surface area contributed by atoms with Crippen LogP contribution in [0.25, 0.3) is 0 Å². The molecule has 0 aromatic heterocycles. The Labute approximate surface area is 98.6 Å². The van der Waals surface area contributed by atoms with Gasteiger partial charge >= 0.3 is 0 Å². The Morgan fingerprint density at radius 2 is 1.88 bits per heavy atom. The molecule has 0 aliphatic carbocycles. The summed E-state index contributed by atoms with van der Waals surface area (Å²) in [5.74, 6) is -0.808. The van der Waals surface area contributed by atoms with Gasteiger partial charge < -0.3 is 4.90 Å².